The van der Waals surface area contributed by atoms with Crippen LogP contribution in [0.15, 0.2) is 30.3 Å². The fourth-order valence-corrected chi connectivity index (χ4v) is 1.82. The molecule has 1 fully saturated rings. The van der Waals surface area contributed by atoms with E-state index in [0.29, 0.717) is 19.4 Å². The summed E-state index contributed by atoms with van der Waals surface area (Å²) in [6.07, 6.45) is 1.00. The van der Waals surface area contributed by atoms with Crippen LogP contribution in [0.5, 0.6) is 0 Å². The van der Waals surface area contributed by atoms with Crippen LogP contribution in [0.25, 0.3) is 0 Å². The highest BCUT2D eigenvalue weighted by Crippen LogP contribution is 2.13. The molecule has 1 atom stereocenters. The van der Waals surface area contributed by atoms with E-state index in [-0.39, 0.29) is 11.7 Å². The van der Waals surface area contributed by atoms with E-state index in [1.165, 1.54) is 0 Å². The topological polar surface area (TPSA) is 46.2 Å². The van der Waals surface area contributed by atoms with Crippen molar-refractivity contribution in [1.29, 1.82) is 0 Å². The summed E-state index contributed by atoms with van der Waals surface area (Å²) in [5.74, 6) is -0.516. The van der Waals surface area contributed by atoms with Crippen molar-refractivity contribution in [2.45, 2.75) is 12.8 Å². The van der Waals surface area contributed by atoms with Crippen LogP contribution in [-0.2, 0) is 16.0 Å². The predicted molar refractivity (Wildman–Crippen MR) is 56.3 cm³/mol. The van der Waals surface area contributed by atoms with Crippen molar-refractivity contribution >= 4 is 11.7 Å². The minimum atomic E-state index is -0.426. The van der Waals surface area contributed by atoms with E-state index >= 15 is 0 Å². The van der Waals surface area contributed by atoms with Crippen LogP contribution in [0.2, 0.25) is 0 Å². The van der Waals surface area contributed by atoms with Crippen LogP contribution in [0, 0.1) is 5.92 Å². The molecule has 0 saturated carbocycles. The van der Waals surface area contributed by atoms with Gasteiger partial charge in [-0.05, 0) is 12.0 Å². The summed E-state index contributed by atoms with van der Waals surface area (Å²) < 4.78 is 0. The van der Waals surface area contributed by atoms with Crippen molar-refractivity contribution in [3.63, 3.8) is 0 Å². The van der Waals surface area contributed by atoms with E-state index in [1.54, 1.807) is 0 Å². The van der Waals surface area contributed by atoms with E-state index in [1.807, 2.05) is 30.3 Å². The second-order valence-electron chi connectivity index (χ2n) is 3.76. The molecule has 1 N–H and O–H groups in total. The van der Waals surface area contributed by atoms with Crippen LogP contribution in [-0.4, -0.2) is 18.2 Å². The van der Waals surface area contributed by atoms with Crippen molar-refractivity contribution in [3.05, 3.63) is 35.9 Å². The molecule has 3 heteroatoms. The maximum atomic E-state index is 11.8. The first kappa shape index (κ1) is 9.90. The molecule has 15 heavy (non-hydrogen) atoms. The molecule has 3 nitrogen and oxygen atoms in total. The number of rotatable bonds is 3. The Labute approximate surface area is 88.5 Å². The SMILES string of the molecule is O=C(Cc1ccccc1)C1CCNC1=O. The van der Waals surface area contributed by atoms with Gasteiger partial charge in [0.25, 0.3) is 0 Å². The Morgan fingerprint density at radius 1 is 1.33 bits per heavy atom. The lowest BCUT2D eigenvalue weighted by molar-refractivity contribution is -0.131. The van der Waals surface area contributed by atoms with E-state index in [9.17, 15) is 9.59 Å². The maximum absolute atomic E-state index is 11.8. The monoisotopic (exact) mass is 203 g/mol. The molecule has 1 aliphatic rings. The maximum Gasteiger partial charge on any atom is 0.230 e. The molecule has 0 aliphatic carbocycles. The zero-order valence-corrected chi connectivity index (χ0v) is 8.40. The number of ketones is 1. The number of carbonyl (C=O) groups excluding carboxylic acids is 2. The molecule has 1 amide bonds. The van der Waals surface area contributed by atoms with Crippen LogP contribution in [0.3, 0.4) is 0 Å². The Morgan fingerprint density at radius 3 is 2.67 bits per heavy atom. The van der Waals surface area contributed by atoms with E-state index in [4.69, 9.17) is 0 Å². The first-order valence-corrected chi connectivity index (χ1v) is 5.12. The number of hydrogen-bond acceptors (Lipinski definition) is 2. The van der Waals surface area contributed by atoms with E-state index in [0.717, 1.165) is 5.56 Å². The van der Waals surface area contributed by atoms with Crippen LogP contribution in [0.4, 0.5) is 0 Å². The zero-order chi connectivity index (χ0) is 10.7. The molecule has 0 radical (unpaired) electrons. The number of benzene rings is 1. The van der Waals surface area contributed by atoms with E-state index < -0.39 is 5.92 Å². The van der Waals surface area contributed by atoms with Gasteiger partial charge in [-0.3, -0.25) is 9.59 Å². The number of Topliss-reactive ketones (excluding diaryl/α,β-unsaturated/α-hetero) is 1. The number of nitrogens with one attached hydrogen (secondary N) is 1. The van der Waals surface area contributed by atoms with Gasteiger partial charge in [-0.15, -0.1) is 0 Å². The molecular weight excluding hydrogens is 190 g/mol. The lowest BCUT2D eigenvalue weighted by atomic mass is 9.97. The molecule has 1 aromatic carbocycles. The number of carbonyl (C=O) groups is 2. The average molecular weight is 203 g/mol. The fourth-order valence-electron chi connectivity index (χ4n) is 1.82. The molecule has 1 aliphatic heterocycles. The summed E-state index contributed by atoms with van der Waals surface area (Å²) in [6.45, 7) is 0.629. The van der Waals surface area contributed by atoms with Crippen molar-refractivity contribution in [2.75, 3.05) is 6.54 Å². The third-order valence-electron chi connectivity index (χ3n) is 2.66. The van der Waals surface area contributed by atoms with Gasteiger partial charge in [-0.2, -0.15) is 0 Å². The van der Waals surface area contributed by atoms with Gasteiger partial charge in [0.2, 0.25) is 5.91 Å². The highest BCUT2D eigenvalue weighted by atomic mass is 16.2. The summed E-state index contributed by atoms with van der Waals surface area (Å²) in [7, 11) is 0. The quantitative estimate of drug-likeness (QED) is 0.743. The standard InChI is InChI=1S/C12H13NO2/c14-11(10-6-7-13-12(10)15)8-9-4-2-1-3-5-9/h1-5,10H,6-8H2,(H,13,15). The molecule has 1 unspecified atom stereocenters. The molecule has 0 aromatic heterocycles. The molecule has 78 valence electrons. The third kappa shape index (κ3) is 2.24. The second kappa shape index (κ2) is 4.26. The van der Waals surface area contributed by atoms with Gasteiger partial charge >= 0.3 is 0 Å². The van der Waals surface area contributed by atoms with Crippen molar-refractivity contribution < 1.29 is 9.59 Å². The first-order valence-electron chi connectivity index (χ1n) is 5.12. The van der Waals surface area contributed by atoms with E-state index in [2.05, 4.69) is 5.32 Å². The van der Waals surface area contributed by atoms with Crippen molar-refractivity contribution in [1.82, 2.24) is 5.32 Å². The van der Waals surface area contributed by atoms with Crippen LogP contribution >= 0.6 is 0 Å². The Hall–Kier alpha value is -1.64. The van der Waals surface area contributed by atoms with Gasteiger partial charge in [0.05, 0.1) is 5.92 Å². The van der Waals surface area contributed by atoms with Gasteiger partial charge < -0.3 is 5.32 Å². The Balaban J connectivity index is 2.01. The predicted octanol–water partition coefficient (Wildman–Crippen LogP) is 0.934. The Bertz CT molecular complexity index is 372. The van der Waals surface area contributed by atoms with Gasteiger partial charge in [0, 0.05) is 13.0 Å². The third-order valence-corrected chi connectivity index (χ3v) is 2.66. The summed E-state index contributed by atoms with van der Waals surface area (Å²) in [4.78, 5) is 23.0. The summed E-state index contributed by atoms with van der Waals surface area (Å²) in [6, 6.07) is 9.53. The van der Waals surface area contributed by atoms with Gasteiger partial charge in [0.15, 0.2) is 0 Å². The highest BCUT2D eigenvalue weighted by Gasteiger charge is 2.30. The smallest absolute Gasteiger partial charge is 0.230 e. The first-order chi connectivity index (χ1) is 7.27. The fraction of sp³-hybridized carbons (Fsp3) is 0.333. The molecule has 0 bridgehead atoms. The van der Waals surface area contributed by atoms with Crippen molar-refractivity contribution in [2.24, 2.45) is 5.92 Å². The van der Waals surface area contributed by atoms with Gasteiger partial charge in [0.1, 0.15) is 5.78 Å². The van der Waals surface area contributed by atoms with Gasteiger partial charge in [-0.25, -0.2) is 0 Å². The molecule has 1 heterocycles. The average Bonchev–Trinajstić information content (AvgIpc) is 2.66. The van der Waals surface area contributed by atoms with Crippen LogP contribution < -0.4 is 5.32 Å². The zero-order valence-electron chi connectivity index (χ0n) is 8.40. The number of hydrogen-bond donors (Lipinski definition) is 1. The molecule has 1 aromatic rings. The lowest BCUT2D eigenvalue weighted by Crippen LogP contribution is -2.26. The largest absolute Gasteiger partial charge is 0.355 e. The minimum absolute atomic E-state index is 0.0243. The summed E-state index contributed by atoms with van der Waals surface area (Å²) >= 11 is 0. The molecule has 1 saturated heterocycles. The Kier molecular flexibility index (Phi) is 2.81. The van der Waals surface area contributed by atoms with Gasteiger partial charge in [-0.1, -0.05) is 30.3 Å². The summed E-state index contributed by atoms with van der Waals surface area (Å²) in [5, 5.41) is 2.68. The molecule has 2 rings (SSSR count). The van der Waals surface area contributed by atoms with Crippen LogP contribution in [0.1, 0.15) is 12.0 Å². The normalized spacial score (nSPS) is 20.0. The second-order valence-corrected chi connectivity index (χ2v) is 3.76. The van der Waals surface area contributed by atoms with Crippen molar-refractivity contribution in [3.8, 4) is 0 Å². The highest BCUT2D eigenvalue weighted by molar-refractivity contribution is 6.03. The lowest BCUT2D eigenvalue weighted by Gasteiger charge is -2.05. The molecule has 0 spiro atoms. The summed E-state index contributed by atoms with van der Waals surface area (Å²) in [5.41, 5.74) is 0.974. The Morgan fingerprint density at radius 2 is 2.07 bits per heavy atom. The minimum Gasteiger partial charge on any atom is -0.355 e. The molecular formula is C12H13NO2. The number of amides is 1.